The molecule has 128 valence electrons. The number of rotatable bonds is 7. The van der Waals surface area contributed by atoms with Crippen LogP contribution >= 0.6 is 0 Å². The van der Waals surface area contributed by atoms with Gasteiger partial charge in [0.05, 0.1) is 13.7 Å². The Morgan fingerprint density at radius 2 is 1.96 bits per heavy atom. The molecule has 0 spiro atoms. The summed E-state index contributed by atoms with van der Waals surface area (Å²) in [5.41, 5.74) is 2.97. The number of aryl methyl sites for hydroxylation is 1. The molecule has 0 aromatic heterocycles. The van der Waals surface area contributed by atoms with Crippen LogP contribution in [0.15, 0.2) is 42.5 Å². The van der Waals surface area contributed by atoms with Crippen LogP contribution in [-0.4, -0.2) is 26.3 Å². The van der Waals surface area contributed by atoms with Gasteiger partial charge < -0.3 is 20.1 Å². The Balaban J connectivity index is 1.84. The van der Waals surface area contributed by atoms with E-state index in [1.54, 1.807) is 7.11 Å². The summed E-state index contributed by atoms with van der Waals surface area (Å²) in [4.78, 5) is 11.9. The maximum absolute atomic E-state index is 11.9. The Morgan fingerprint density at radius 1 is 1.12 bits per heavy atom. The molecular formula is C19H24N2O3. The Hall–Kier alpha value is -2.69. The molecule has 0 heterocycles. The molecule has 5 heteroatoms. The number of nitrogens with one attached hydrogen (secondary N) is 2. The quantitative estimate of drug-likeness (QED) is 0.813. The second kappa shape index (κ2) is 8.82. The lowest BCUT2D eigenvalue weighted by Crippen LogP contribution is -2.30. The van der Waals surface area contributed by atoms with Gasteiger partial charge in [-0.2, -0.15) is 0 Å². The van der Waals surface area contributed by atoms with Crippen molar-refractivity contribution >= 4 is 11.7 Å². The fraction of sp³-hybridized carbons (Fsp3) is 0.316. The van der Waals surface area contributed by atoms with E-state index in [1.807, 2.05) is 56.3 Å². The van der Waals surface area contributed by atoms with Crippen LogP contribution in [-0.2, 0) is 6.42 Å². The molecule has 0 bridgehead atoms. The molecule has 0 unspecified atom stereocenters. The van der Waals surface area contributed by atoms with Crippen molar-refractivity contribution in [1.82, 2.24) is 5.32 Å². The molecule has 5 nitrogen and oxygen atoms in total. The molecule has 24 heavy (non-hydrogen) atoms. The van der Waals surface area contributed by atoms with Gasteiger partial charge in [-0.1, -0.05) is 18.2 Å². The van der Waals surface area contributed by atoms with E-state index in [1.165, 1.54) is 0 Å². The standard InChI is InChI=1S/C19H24N2O3/c1-4-24-17-9-8-15(13-18(17)23-3)10-11-20-19(22)21-16-7-5-6-14(2)12-16/h5-9,12-13H,4,10-11H2,1-3H3,(H2,20,21,22). The van der Waals surface area contributed by atoms with Crippen molar-refractivity contribution in [2.24, 2.45) is 0 Å². The Labute approximate surface area is 143 Å². The van der Waals surface area contributed by atoms with Crippen LogP contribution in [0.2, 0.25) is 0 Å². The number of amides is 2. The number of carbonyl (C=O) groups excluding carboxylic acids is 1. The highest BCUT2D eigenvalue weighted by atomic mass is 16.5. The van der Waals surface area contributed by atoms with E-state index in [-0.39, 0.29) is 6.03 Å². The summed E-state index contributed by atoms with van der Waals surface area (Å²) in [5, 5.41) is 5.68. The van der Waals surface area contributed by atoms with Crippen molar-refractivity contribution in [2.45, 2.75) is 20.3 Å². The van der Waals surface area contributed by atoms with Gasteiger partial charge in [-0.3, -0.25) is 0 Å². The average Bonchev–Trinajstić information content (AvgIpc) is 2.56. The summed E-state index contributed by atoms with van der Waals surface area (Å²) >= 11 is 0. The van der Waals surface area contributed by atoms with Crippen LogP contribution in [0.4, 0.5) is 10.5 Å². The van der Waals surface area contributed by atoms with E-state index < -0.39 is 0 Å². The molecular weight excluding hydrogens is 304 g/mol. The fourth-order valence-electron chi connectivity index (χ4n) is 2.36. The van der Waals surface area contributed by atoms with Gasteiger partial charge in [-0.25, -0.2) is 4.79 Å². The van der Waals surface area contributed by atoms with Crippen LogP contribution in [0.25, 0.3) is 0 Å². The third-order valence-corrected chi connectivity index (χ3v) is 3.50. The molecule has 0 aliphatic rings. The van der Waals surface area contributed by atoms with Gasteiger partial charge in [0.2, 0.25) is 0 Å². The third kappa shape index (κ3) is 5.19. The number of hydrogen-bond acceptors (Lipinski definition) is 3. The zero-order chi connectivity index (χ0) is 17.4. The van der Waals surface area contributed by atoms with E-state index in [0.29, 0.717) is 25.3 Å². The molecule has 0 saturated heterocycles. The van der Waals surface area contributed by atoms with Crippen molar-refractivity contribution in [1.29, 1.82) is 0 Å². The van der Waals surface area contributed by atoms with Crippen LogP contribution in [0.1, 0.15) is 18.1 Å². The Morgan fingerprint density at radius 3 is 2.67 bits per heavy atom. The molecule has 0 radical (unpaired) electrons. The number of benzene rings is 2. The number of carbonyl (C=O) groups is 1. The minimum Gasteiger partial charge on any atom is -0.493 e. The normalized spacial score (nSPS) is 10.1. The van der Waals surface area contributed by atoms with Gasteiger partial charge in [0.15, 0.2) is 11.5 Å². The molecule has 0 fully saturated rings. The number of hydrogen-bond donors (Lipinski definition) is 2. The van der Waals surface area contributed by atoms with Crippen molar-refractivity contribution in [3.63, 3.8) is 0 Å². The Kier molecular flexibility index (Phi) is 6.49. The SMILES string of the molecule is CCOc1ccc(CCNC(=O)Nc2cccc(C)c2)cc1OC. The first-order valence-corrected chi connectivity index (χ1v) is 8.03. The summed E-state index contributed by atoms with van der Waals surface area (Å²) in [5.74, 6) is 1.44. The highest BCUT2D eigenvalue weighted by Gasteiger charge is 2.06. The minimum absolute atomic E-state index is 0.210. The van der Waals surface area contributed by atoms with Gasteiger partial charge in [-0.05, 0) is 55.7 Å². The molecule has 0 atom stereocenters. The summed E-state index contributed by atoms with van der Waals surface area (Å²) in [6, 6.07) is 13.3. The zero-order valence-corrected chi connectivity index (χ0v) is 14.4. The average molecular weight is 328 g/mol. The van der Waals surface area contributed by atoms with Gasteiger partial charge in [-0.15, -0.1) is 0 Å². The van der Waals surface area contributed by atoms with Crippen LogP contribution in [0.5, 0.6) is 11.5 Å². The first kappa shape index (κ1) is 17.7. The van der Waals surface area contributed by atoms with Gasteiger partial charge in [0, 0.05) is 12.2 Å². The van der Waals surface area contributed by atoms with Crippen molar-refractivity contribution in [2.75, 3.05) is 25.6 Å². The van der Waals surface area contributed by atoms with Crippen molar-refractivity contribution in [3.8, 4) is 11.5 Å². The molecule has 2 N–H and O–H groups in total. The number of methoxy groups -OCH3 is 1. The third-order valence-electron chi connectivity index (χ3n) is 3.50. The predicted molar refractivity (Wildman–Crippen MR) is 96.1 cm³/mol. The second-order valence-electron chi connectivity index (χ2n) is 5.42. The monoisotopic (exact) mass is 328 g/mol. The van der Waals surface area contributed by atoms with Crippen LogP contribution in [0.3, 0.4) is 0 Å². The van der Waals surface area contributed by atoms with E-state index in [9.17, 15) is 4.79 Å². The minimum atomic E-state index is -0.210. The molecule has 0 aliphatic heterocycles. The molecule has 2 aromatic carbocycles. The molecule has 0 saturated carbocycles. The van der Waals surface area contributed by atoms with Gasteiger partial charge in [0.25, 0.3) is 0 Å². The lowest BCUT2D eigenvalue weighted by atomic mass is 10.1. The van der Waals surface area contributed by atoms with E-state index in [0.717, 1.165) is 22.6 Å². The van der Waals surface area contributed by atoms with Crippen molar-refractivity contribution < 1.29 is 14.3 Å². The van der Waals surface area contributed by atoms with E-state index in [2.05, 4.69) is 10.6 Å². The maximum atomic E-state index is 11.9. The lowest BCUT2D eigenvalue weighted by Gasteiger charge is -2.12. The first-order chi connectivity index (χ1) is 11.6. The number of urea groups is 1. The van der Waals surface area contributed by atoms with E-state index >= 15 is 0 Å². The second-order valence-corrected chi connectivity index (χ2v) is 5.42. The van der Waals surface area contributed by atoms with Crippen LogP contribution in [0, 0.1) is 6.92 Å². The highest BCUT2D eigenvalue weighted by molar-refractivity contribution is 5.89. The first-order valence-electron chi connectivity index (χ1n) is 8.03. The lowest BCUT2D eigenvalue weighted by molar-refractivity contribution is 0.252. The summed E-state index contributed by atoms with van der Waals surface area (Å²) in [6.45, 7) is 5.05. The zero-order valence-electron chi connectivity index (χ0n) is 14.4. The van der Waals surface area contributed by atoms with Crippen molar-refractivity contribution in [3.05, 3.63) is 53.6 Å². The summed E-state index contributed by atoms with van der Waals surface area (Å²) < 4.78 is 10.8. The predicted octanol–water partition coefficient (Wildman–Crippen LogP) is 3.77. The smallest absolute Gasteiger partial charge is 0.319 e. The highest BCUT2D eigenvalue weighted by Crippen LogP contribution is 2.28. The molecule has 2 aromatic rings. The molecule has 2 rings (SSSR count). The summed E-state index contributed by atoms with van der Waals surface area (Å²) in [6.07, 6.45) is 0.712. The number of anilines is 1. The molecule has 2 amide bonds. The van der Waals surface area contributed by atoms with Crippen LogP contribution < -0.4 is 20.1 Å². The van der Waals surface area contributed by atoms with Gasteiger partial charge in [0.1, 0.15) is 0 Å². The Bertz CT molecular complexity index is 686. The maximum Gasteiger partial charge on any atom is 0.319 e. The topological polar surface area (TPSA) is 59.6 Å². The molecule has 0 aliphatic carbocycles. The number of ether oxygens (including phenoxy) is 2. The fourth-order valence-corrected chi connectivity index (χ4v) is 2.36. The summed E-state index contributed by atoms with van der Waals surface area (Å²) in [7, 11) is 1.62. The van der Waals surface area contributed by atoms with Gasteiger partial charge >= 0.3 is 6.03 Å². The van der Waals surface area contributed by atoms with E-state index in [4.69, 9.17) is 9.47 Å². The largest absolute Gasteiger partial charge is 0.493 e.